The van der Waals surface area contributed by atoms with Crippen molar-refractivity contribution in [3.05, 3.63) is 18.2 Å². The predicted octanol–water partition coefficient (Wildman–Crippen LogP) is 2.01. The molecule has 0 bridgehead atoms. The molecule has 4 heteroatoms. The first-order valence-corrected chi connectivity index (χ1v) is 6.30. The Bertz CT molecular complexity index is 413. The first-order chi connectivity index (χ1) is 8.13. The lowest BCUT2D eigenvalue weighted by atomic mass is 9.97. The third-order valence-corrected chi connectivity index (χ3v) is 3.35. The van der Waals surface area contributed by atoms with Crippen molar-refractivity contribution in [3.63, 3.8) is 0 Å². The summed E-state index contributed by atoms with van der Waals surface area (Å²) in [6.07, 6.45) is 8.14. The number of hydrogen-bond donors (Lipinski definition) is 1. The molecule has 17 heavy (non-hydrogen) atoms. The fourth-order valence-corrected chi connectivity index (χ4v) is 2.08. The molecule has 0 saturated heterocycles. The second-order valence-electron chi connectivity index (χ2n) is 5.13. The lowest BCUT2D eigenvalue weighted by molar-refractivity contribution is 0.390. The number of nitrogens with one attached hydrogen (secondary N) is 1. The summed E-state index contributed by atoms with van der Waals surface area (Å²) in [7, 11) is 0. The second-order valence-corrected chi connectivity index (χ2v) is 5.13. The number of aromatic nitrogens is 2. The average molecular weight is 232 g/mol. The van der Waals surface area contributed by atoms with E-state index in [9.17, 15) is 5.26 Å². The zero-order valence-corrected chi connectivity index (χ0v) is 10.6. The van der Waals surface area contributed by atoms with E-state index in [1.54, 1.807) is 0 Å². The smallest absolute Gasteiger partial charge is 0.105 e. The van der Waals surface area contributed by atoms with Crippen molar-refractivity contribution in [3.8, 4) is 6.07 Å². The molecular weight excluding hydrogens is 212 g/mol. The van der Waals surface area contributed by atoms with E-state index in [1.165, 1.54) is 12.8 Å². The van der Waals surface area contributed by atoms with Crippen molar-refractivity contribution in [1.29, 1.82) is 5.26 Å². The van der Waals surface area contributed by atoms with Crippen LogP contribution in [0.25, 0.3) is 0 Å². The molecule has 1 aliphatic rings. The Morgan fingerprint density at radius 1 is 1.65 bits per heavy atom. The molecule has 92 valence electrons. The summed E-state index contributed by atoms with van der Waals surface area (Å²) >= 11 is 0. The van der Waals surface area contributed by atoms with Crippen LogP contribution in [0.5, 0.6) is 0 Å². The minimum Gasteiger partial charge on any atom is -0.335 e. The zero-order chi connectivity index (χ0) is 12.3. The van der Waals surface area contributed by atoms with Gasteiger partial charge in [0.1, 0.15) is 11.4 Å². The van der Waals surface area contributed by atoms with Crippen LogP contribution in [0.3, 0.4) is 0 Å². The van der Waals surface area contributed by atoms with Gasteiger partial charge in [-0.05, 0) is 39.5 Å². The Hall–Kier alpha value is -1.34. The van der Waals surface area contributed by atoms with Crippen LogP contribution in [0.1, 0.15) is 38.4 Å². The number of nitriles is 1. The van der Waals surface area contributed by atoms with E-state index in [-0.39, 0.29) is 5.54 Å². The monoisotopic (exact) mass is 232 g/mol. The Balaban J connectivity index is 1.80. The van der Waals surface area contributed by atoms with Gasteiger partial charge >= 0.3 is 0 Å². The van der Waals surface area contributed by atoms with E-state index in [1.807, 2.05) is 26.2 Å². The van der Waals surface area contributed by atoms with Gasteiger partial charge in [0.05, 0.1) is 6.07 Å². The molecule has 2 rings (SSSR count). The Kier molecular flexibility index (Phi) is 3.49. The van der Waals surface area contributed by atoms with Crippen molar-refractivity contribution in [1.82, 2.24) is 14.9 Å². The maximum Gasteiger partial charge on any atom is 0.105 e. The van der Waals surface area contributed by atoms with Gasteiger partial charge in [0.15, 0.2) is 0 Å². The highest BCUT2D eigenvalue weighted by Crippen LogP contribution is 2.24. The van der Waals surface area contributed by atoms with Crippen LogP contribution < -0.4 is 5.32 Å². The van der Waals surface area contributed by atoms with Gasteiger partial charge in [0.25, 0.3) is 0 Å². The summed E-state index contributed by atoms with van der Waals surface area (Å²) in [5, 5.41) is 12.7. The molecular formula is C13H20N4. The molecule has 1 aliphatic carbocycles. The molecule has 1 aromatic heterocycles. The van der Waals surface area contributed by atoms with E-state index in [0.717, 1.165) is 25.2 Å². The molecule has 1 heterocycles. The van der Waals surface area contributed by atoms with E-state index < -0.39 is 0 Å². The molecule has 1 unspecified atom stereocenters. The maximum absolute atomic E-state index is 9.24. The normalized spacial score (nSPS) is 18.6. The second kappa shape index (κ2) is 4.89. The van der Waals surface area contributed by atoms with Crippen molar-refractivity contribution >= 4 is 0 Å². The van der Waals surface area contributed by atoms with Crippen molar-refractivity contribution in [2.24, 2.45) is 0 Å². The highest BCUT2D eigenvalue weighted by Gasteiger charge is 2.31. The summed E-state index contributed by atoms with van der Waals surface area (Å²) < 4.78 is 2.13. The minimum absolute atomic E-state index is 0.365. The van der Waals surface area contributed by atoms with Crippen LogP contribution in [0.4, 0.5) is 0 Å². The van der Waals surface area contributed by atoms with Gasteiger partial charge in [-0.15, -0.1) is 0 Å². The summed E-state index contributed by atoms with van der Waals surface area (Å²) in [6.45, 7) is 4.95. The van der Waals surface area contributed by atoms with Crippen LogP contribution in [0.2, 0.25) is 0 Å². The van der Waals surface area contributed by atoms with Gasteiger partial charge in [0.2, 0.25) is 0 Å². The Morgan fingerprint density at radius 3 is 2.94 bits per heavy atom. The van der Waals surface area contributed by atoms with Gasteiger partial charge in [-0.25, -0.2) is 4.98 Å². The van der Waals surface area contributed by atoms with Crippen LogP contribution in [0, 0.1) is 18.3 Å². The Labute approximate surface area is 103 Å². The van der Waals surface area contributed by atoms with Crippen molar-refractivity contribution in [2.45, 2.75) is 57.7 Å². The largest absolute Gasteiger partial charge is 0.335 e. The molecule has 1 aromatic rings. The Morgan fingerprint density at radius 2 is 2.41 bits per heavy atom. The molecule has 0 aliphatic heterocycles. The number of nitrogens with zero attached hydrogens (tertiary/aromatic N) is 3. The molecule has 1 fully saturated rings. The summed E-state index contributed by atoms with van der Waals surface area (Å²) in [5.74, 6) is 1.04. The van der Waals surface area contributed by atoms with Crippen molar-refractivity contribution < 1.29 is 0 Å². The van der Waals surface area contributed by atoms with E-state index in [2.05, 4.69) is 20.9 Å². The third-order valence-electron chi connectivity index (χ3n) is 3.35. The van der Waals surface area contributed by atoms with E-state index in [4.69, 9.17) is 0 Å². The fraction of sp³-hybridized carbons (Fsp3) is 0.692. The number of hydrogen-bond acceptors (Lipinski definition) is 3. The first kappa shape index (κ1) is 12.1. The predicted molar refractivity (Wildman–Crippen MR) is 66.4 cm³/mol. The molecule has 0 amide bonds. The number of imidazole rings is 1. The van der Waals surface area contributed by atoms with Crippen molar-refractivity contribution in [2.75, 3.05) is 0 Å². The number of rotatable bonds is 6. The maximum atomic E-state index is 9.24. The summed E-state index contributed by atoms with van der Waals surface area (Å²) in [4.78, 5) is 4.19. The average Bonchev–Trinajstić information content (AvgIpc) is 3.02. The van der Waals surface area contributed by atoms with Crippen LogP contribution in [-0.2, 0) is 6.54 Å². The molecule has 1 atom stereocenters. The third kappa shape index (κ3) is 3.31. The topological polar surface area (TPSA) is 53.6 Å². The highest BCUT2D eigenvalue weighted by molar-refractivity contribution is 5.07. The van der Waals surface area contributed by atoms with Gasteiger partial charge in [-0.1, -0.05) is 0 Å². The van der Waals surface area contributed by atoms with Gasteiger partial charge in [-0.2, -0.15) is 5.26 Å². The minimum atomic E-state index is -0.365. The van der Waals surface area contributed by atoms with Crippen LogP contribution in [0.15, 0.2) is 12.4 Å². The standard InChI is InChI=1S/C13H20N4/c1-11-15-7-9-17(11)8-3-6-13(2,10-14)16-12-4-5-12/h7,9,12,16H,3-6,8H2,1-2H3. The number of aryl methyl sites for hydroxylation is 2. The van der Waals surface area contributed by atoms with Gasteiger partial charge < -0.3 is 4.57 Å². The molecule has 1 saturated carbocycles. The lowest BCUT2D eigenvalue weighted by Gasteiger charge is -2.23. The lowest BCUT2D eigenvalue weighted by Crippen LogP contribution is -2.42. The molecule has 0 aromatic carbocycles. The molecule has 0 spiro atoms. The van der Waals surface area contributed by atoms with Gasteiger partial charge in [-0.3, -0.25) is 5.32 Å². The zero-order valence-electron chi connectivity index (χ0n) is 10.6. The quantitative estimate of drug-likeness (QED) is 0.816. The SMILES string of the molecule is Cc1nccn1CCCC(C)(C#N)NC1CC1. The molecule has 1 N–H and O–H groups in total. The van der Waals surface area contributed by atoms with E-state index >= 15 is 0 Å². The van der Waals surface area contributed by atoms with Crippen LogP contribution >= 0.6 is 0 Å². The van der Waals surface area contributed by atoms with Gasteiger partial charge in [0, 0.05) is 25.0 Å². The first-order valence-electron chi connectivity index (χ1n) is 6.30. The summed E-state index contributed by atoms with van der Waals surface area (Å²) in [6, 6.07) is 2.99. The summed E-state index contributed by atoms with van der Waals surface area (Å²) in [5.41, 5.74) is -0.365. The fourth-order valence-electron chi connectivity index (χ4n) is 2.08. The molecule has 4 nitrogen and oxygen atoms in total. The van der Waals surface area contributed by atoms with Crippen LogP contribution in [-0.4, -0.2) is 21.1 Å². The highest BCUT2D eigenvalue weighted by atomic mass is 15.1. The van der Waals surface area contributed by atoms with E-state index in [0.29, 0.717) is 6.04 Å². The molecule has 0 radical (unpaired) electrons.